The summed E-state index contributed by atoms with van der Waals surface area (Å²) in [5, 5.41) is 0. The molecular formula is C12H20N2O. The second-order valence-electron chi connectivity index (χ2n) is 4.40. The number of hydrogen-bond donors (Lipinski definition) is 1. The highest BCUT2D eigenvalue weighted by Crippen LogP contribution is 2.33. The number of aryl methyl sites for hydroxylation is 1. The lowest BCUT2D eigenvalue weighted by Gasteiger charge is -2.11. The molecule has 3 nitrogen and oxygen atoms in total. The van der Waals surface area contributed by atoms with E-state index in [0.717, 1.165) is 17.9 Å². The van der Waals surface area contributed by atoms with Gasteiger partial charge in [0.05, 0.1) is 5.69 Å². The van der Waals surface area contributed by atoms with Gasteiger partial charge in [-0.15, -0.1) is 0 Å². The molecule has 0 unspecified atom stereocenters. The van der Waals surface area contributed by atoms with Crippen LogP contribution in [0.25, 0.3) is 0 Å². The zero-order valence-electron chi connectivity index (χ0n) is 9.46. The third-order valence-electron chi connectivity index (χ3n) is 3.31. The standard InChI is InChI=1S/C12H20N2O/c1-2-10-11(14-12(13)15-10)9-7-5-3-4-6-8-9/h9H,2-8H2,1H3,(H2,13,14). The normalized spacial score (nSPS) is 19.0. The summed E-state index contributed by atoms with van der Waals surface area (Å²) in [7, 11) is 0. The molecule has 3 heteroatoms. The highest BCUT2D eigenvalue weighted by molar-refractivity contribution is 5.23. The molecule has 0 radical (unpaired) electrons. The van der Waals surface area contributed by atoms with Crippen LogP contribution in [0.1, 0.15) is 62.8 Å². The van der Waals surface area contributed by atoms with Crippen LogP contribution in [0.4, 0.5) is 6.01 Å². The van der Waals surface area contributed by atoms with E-state index < -0.39 is 0 Å². The number of nitrogen functional groups attached to an aromatic ring is 1. The molecule has 1 aromatic heterocycles. The minimum atomic E-state index is 0.339. The Hall–Kier alpha value is -0.990. The van der Waals surface area contributed by atoms with Crippen molar-refractivity contribution < 1.29 is 4.42 Å². The van der Waals surface area contributed by atoms with Crippen LogP contribution in [0.5, 0.6) is 0 Å². The maximum absolute atomic E-state index is 5.62. The molecule has 0 atom stereocenters. The van der Waals surface area contributed by atoms with E-state index in [4.69, 9.17) is 10.2 Å². The molecule has 0 aromatic carbocycles. The number of rotatable bonds is 2. The first-order valence-electron chi connectivity index (χ1n) is 6.06. The average Bonchev–Trinajstić information content (AvgIpc) is 2.47. The van der Waals surface area contributed by atoms with Crippen LogP contribution in [0.3, 0.4) is 0 Å². The first-order chi connectivity index (χ1) is 7.31. The SMILES string of the molecule is CCc1oc(N)nc1C1CCCCCC1. The minimum absolute atomic E-state index is 0.339. The van der Waals surface area contributed by atoms with Gasteiger partial charge in [-0.05, 0) is 12.8 Å². The summed E-state index contributed by atoms with van der Waals surface area (Å²) in [6.07, 6.45) is 8.77. The fourth-order valence-electron chi connectivity index (χ4n) is 2.51. The van der Waals surface area contributed by atoms with Gasteiger partial charge in [-0.1, -0.05) is 32.6 Å². The molecule has 0 bridgehead atoms. The lowest BCUT2D eigenvalue weighted by atomic mass is 9.95. The Kier molecular flexibility index (Phi) is 3.29. The summed E-state index contributed by atoms with van der Waals surface area (Å²) in [5.74, 6) is 1.59. The second kappa shape index (κ2) is 4.69. The van der Waals surface area contributed by atoms with Gasteiger partial charge in [0, 0.05) is 12.3 Å². The maximum atomic E-state index is 5.62. The molecule has 1 saturated carbocycles. The van der Waals surface area contributed by atoms with Crippen molar-refractivity contribution in [3.8, 4) is 0 Å². The van der Waals surface area contributed by atoms with E-state index in [0.29, 0.717) is 11.9 Å². The van der Waals surface area contributed by atoms with Gasteiger partial charge in [-0.2, -0.15) is 4.98 Å². The Morgan fingerprint density at radius 1 is 1.27 bits per heavy atom. The topological polar surface area (TPSA) is 52.0 Å². The number of anilines is 1. The number of aromatic nitrogens is 1. The zero-order valence-corrected chi connectivity index (χ0v) is 9.46. The van der Waals surface area contributed by atoms with Crippen molar-refractivity contribution in [3.63, 3.8) is 0 Å². The van der Waals surface area contributed by atoms with Gasteiger partial charge in [0.15, 0.2) is 0 Å². The summed E-state index contributed by atoms with van der Waals surface area (Å²) >= 11 is 0. The van der Waals surface area contributed by atoms with Crippen molar-refractivity contribution in [1.29, 1.82) is 0 Å². The fourth-order valence-corrected chi connectivity index (χ4v) is 2.51. The van der Waals surface area contributed by atoms with Crippen molar-refractivity contribution in [2.24, 2.45) is 0 Å². The number of nitrogens with two attached hydrogens (primary N) is 1. The molecule has 2 rings (SSSR count). The van der Waals surface area contributed by atoms with Crippen LogP contribution in [0.15, 0.2) is 4.42 Å². The minimum Gasteiger partial charge on any atom is -0.429 e. The fraction of sp³-hybridized carbons (Fsp3) is 0.750. The zero-order chi connectivity index (χ0) is 10.7. The Balaban J connectivity index is 2.18. The van der Waals surface area contributed by atoms with Crippen molar-refractivity contribution in [1.82, 2.24) is 4.98 Å². The molecule has 84 valence electrons. The Bertz CT molecular complexity index is 311. The van der Waals surface area contributed by atoms with Crippen molar-refractivity contribution >= 4 is 6.01 Å². The number of oxazole rings is 1. The maximum Gasteiger partial charge on any atom is 0.292 e. The van der Waals surface area contributed by atoms with Gasteiger partial charge in [0.1, 0.15) is 5.76 Å². The molecule has 1 aromatic rings. The van der Waals surface area contributed by atoms with Crippen LogP contribution in [-0.4, -0.2) is 4.98 Å². The lowest BCUT2D eigenvalue weighted by Crippen LogP contribution is -2.01. The molecule has 0 amide bonds. The molecule has 0 spiro atoms. The highest BCUT2D eigenvalue weighted by Gasteiger charge is 2.21. The number of hydrogen-bond acceptors (Lipinski definition) is 3. The predicted octanol–water partition coefficient (Wildman–Crippen LogP) is 3.26. The van der Waals surface area contributed by atoms with Gasteiger partial charge in [-0.3, -0.25) is 0 Å². The van der Waals surface area contributed by atoms with E-state index in [1.54, 1.807) is 0 Å². The molecular weight excluding hydrogens is 188 g/mol. The summed E-state index contributed by atoms with van der Waals surface area (Å²) in [6.45, 7) is 2.10. The summed E-state index contributed by atoms with van der Waals surface area (Å²) in [5.41, 5.74) is 6.76. The van der Waals surface area contributed by atoms with Crippen LogP contribution in [0.2, 0.25) is 0 Å². The quantitative estimate of drug-likeness (QED) is 0.759. The van der Waals surface area contributed by atoms with Crippen molar-refractivity contribution in [3.05, 3.63) is 11.5 Å². The monoisotopic (exact) mass is 208 g/mol. The third-order valence-corrected chi connectivity index (χ3v) is 3.31. The van der Waals surface area contributed by atoms with Crippen LogP contribution in [-0.2, 0) is 6.42 Å². The van der Waals surface area contributed by atoms with Crippen molar-refractivity contribution in [2.75, 3.05) is 5.73 Å². The van der Waals surface area contributed by atoms with Crippen LogP contribution in [0, 0.1) is 0 Å². The van der Waals surface area contributed by atoms with E-state index in [2.05, 4.69) is 11.9 Å². The average molecular weight is 208 g/mol. The van der Waals surface area contributed by atoms with E-state index in [-0.39, 0.29) is 0 Å². The molecule has 1 fully saturated rings. The molecule has 0 saturated heterocycles. The van der Waals surface area contributed by atoms with Gasteiger partial charge in [-0.25, -0.2) is 0 Å². The van der Waals surface area contributed by atoms with Gasteiger partial charge in [0.2, 0.25) is 0 Å². The van der Waals surface area contributed by atoms with Crippen LogP contribution < -0.4 is 5.73 Å². The molecule has 1 heterocycles. The van der Waals surface area contributed by atoms with Crippen molar-refractivity contribution in [2.45, 2.75) is 57.8 Å². The summed E-state index contributed by atoms with van der Waals surface area (Å²) in [4.78, 5) is 4.36. The first kappa shape index (κ1) is 10.5. The Labute approximate surface area is 91.1 Å². The molecule has 0 aliphatic heterocycles. The molecule has 1 aliphatic carbocycles. The molecule has 15 heavy (non-hydrogen) atoms. The van der Waals surface area contributed by atoms with E-state index >= 15 is 0 Å². The van der Waals surface area contributed by atoms with Gasteiger partial charge < -0.3 is 10.2 Å². The lowest BCUT2D eigenvalue weighted by molar-refractivity contribution is 0.509. The predicted molar refractivity (Wildman–Crippen MR) is 60.7 cm³/mol. The largest absolute Gasteiger partial charge is 0.429 e. The van der Waals surface area contributed by atoms with Crippen LogP contribution >= 0.6 is 0 Å². The Morgan fingerprint density at radius 2 is 1.93 bits per heavy atom. The number of nitrogens with zero attached hydrogens (tertiary/aromatic N) is 1. The van der Waals surface area contributed by atoms with E-state index in [9.17, 15) is 0 Å². The first-order valence-corrected chi connectivity index (χ1v) is 6.06. The van der Waals surface area contributed by atoms with Gasteiger partial charge in [0.25, 0.3) is 6.01 Å². The molecule has 2 N–H and O–H groups in total. The van der Waals surface area contributed by atoms with E-state index in [1.165, 1.54) is 38.5 Å². The summed E-state index contributed by atoms with van der Waals surface area (Å²) < 4.78 is 5.42. The Morgan fingerprint density at radius 3 is 2.53 bits per heavy atom. The highest BCUT2D eigenvalue weighted by atomic mass is 16.4. The smallest absolute Gasteiger partial charge is 0.292 e. The summed E-state index contributed by atoms with van der Waals surface area (Å²) in [6, 6.07) is 0.339. The second-order valence-corrected chi connectivity index (χ2v) is 4.40. The van der Waals surface area contributed by atoms with Gasteiger partial charge >= 0.3 is 0 Å². The van der Waals surface area contributed by atoms with E-state index in [1.807, 2.05) is 0 Å². The third kappa shape index (κ3) is 2.33. The molecule has 1 aliphatic rings.